The smallest absolute Gasteiger partial charge is 0.203 e. The molecule has 0 fully saturated rings. The lowest BCUT2D eigenvalue weighted by molar-refractivity contribution is 0.112. The van der Waals surface area contributed by atoms with E-state index in [0.717, 1.165) is 24.8 Å². The van der Waals surface area contributed by atoms with Crippen LogP contribution in [0.5, 0.6) is 0 Å². The van der Waals surface area contributed by atoms with Crippen molar-refractivity contribution in [1.29, 1.82) is 0 Å². The number of fused-ring (bicyclic) bond motifs is 1. The van der Waals surface area contributed by atoms with Crippen LogP contribution >= 0.6 is 0 Å². The van der Waals surface area contributed by atoms with Gasteiger partial charge in [-0.25, -0.2) is 0 Å². The zero-order chi connectivity index (χ0) is 12.3. The molecule has 2 rings (SSSR count). The van der Waals surface area contributed by atoms with Crippen LogP contribution in [0.2, 0.25) is 0 Å². The molecule has 1 heterocycles. The first kappa shape index (κ1) is 11.6. The monoisotopic (exact) mass is 230 g/mol. The topological polar surface area (TPSA) is 47.3 Å². The van der Waals surface area contributed by atoms with Crippen LogP contribution in [-0.2, 0) is 6.42 Å². The molecule has 1 aromatic heterocycles. The Kier molecular flexibility index (Phi) is 3.38. The highest BCUT2D eigenvalue weighted by atomic mass is 16.3. The summed E-state index contributed by atoms with van der Waals surface area (Å²) in [5.74, 6) is 0. The highest BCUT2D eigenvalue weighted by molar-refractivity contribution is 5.84. The van der Waals surface area contributed by atoms with Gasteiger partial charge in [0.05, 0.1) is 10.9 Å². The van der Waals surface area contributed by atoms with Gasteiger partial charge in [-0.1, -0.05) is 19.4 Å². The lowest BCUT2D eigenvalue weighted by Gasteiger charge is -2.02. The summed E-state index contributed by atoms with van der Waals surface area (Å²) in [5.41, 5.74) is 1.46. The third-order valence-electron chi connectivity index (χ3n) is 2.81. The van der Waals surface area contributed by atoms with Gasteiger partial charge in [0.25, 0.3) is 0 Å². The Balaban J connectivity index is 2.54. The SMILES string of the molecule is CCCCc1ccc2occ(C=O)c(=O)c2c1. The molecule has 1 aromatic carbocycles. The maximum atomic E-state index is 11.9. The molecule has 0 atom stereocenters. The van der Waals surface area contributed by atoms with Gasteiger partial charge < -0.3 is 4.42 Å². The molecule has 2 aromatic rings. The van der Waals surface area contributed by atoms with Crippen molar-refractivity contribution in [2.75, 3.05) is 0 Å². The van der Waals surface area contributed by atoms with Crippen LogP contribution < -0.4 is 5.43 Å². The van der Waals surface area contributed by atoms with Gasteiger partial charge in [-0.3, -0.25) is 9.59 Å². The van der Waals surface area contributed by atoms with Crippen molar-refractivity contribution in [1.82, 2.24) is 0 Å². The van der Waals surface area contributed by atoms with Gasteiger partial charge in [-0.05, 0) is 30.5 Å². The molecule has 0 aliphatic rings. The van der Waals surface area contributed by atoms with Crippen LogP contribution in [-0.4, -0.2) is 6.29 Å². The minimum atomic E-state index is -0.250. The van der Waals surface area contributed by atoms with Crippen LogP contribution in [0.1, 0.15) is 35.7 Å². The Bertz CT molecular complexity index is 596. The lowest BCUT2D eigenvalue weighted by Crippen LogP contribution is -2.07. The van der Waals surface area contributed by atoms with Gasteiger partial charge in [-0.15, -0.1) is 0 Å². The van der Waals surface area contributed by atoms with Gasteiger partial charge in [0.2, 0.25) is 5.43 Å². The molecule has 0 saturated heterocycles. The fraction of sp³-hybridized carbons (Fsp3) is 0.286. The summed E-state index contributed by atoms with van der Waals surface area (Å²) in [6.45, 7) is 2.12. The summed E-state index contributed by atoms with van der Waals surface area (Å²) in [5, 5.41) is 0.489. The van der Waals surface area contributed by atoms with Crippen molar-refractivity contribution in [3.05, 3.63) is 45.8 Å². The van der Waals surface area contributed by atoms with E-state index in [9.17, 15) is 9.59 Å². The number of hydrogen-bond acceptors (Lipinski definition) is 3. The molecule has 0 bridgehead atoms. The number of unbranched alkanes of at least 4 members (excludes halogenated alkanes) is 1. The van der Waals surface area contributed by atoms with E-state index in [1.54, 1.807) is 6.07 Å². The fourth-order valence-corrected chi connectivity index (χ4v) is 1.81. The predicted molar refractivity (Wildman–Crippen MR) is 66.5 cm³/mol. The van der Waals surface area contributed by atoms with E-state index in [1.165, 1.54) is 6.26 Å². The highest BCUT2D eigenvalue weighted by Gasteiger charge is 2.06. The van der Waals surface area contributed by atoms with Crippen molar-refractivity contribution < 1.29 is 9.21 Å². The van der Waals surface area contributed by atoms with Crippen LogP contribution in [0.3, 0.4) is 0 Å². The Morgan fingerprint density at radius 1 is 1.35 bits per heavy atom. The first-order chi connectivity index (χ1) is 8.26. The van der Waals surface area contributed by atoms with Gasteiger partial charge in [0, 0.05) is 0 Å². The van der Waals surface area contributed by atoms with Crippen molar-refractivity contribution in [3.8, 4) is 0 Å². The molecule has 0 saturated carbocycles. The second kappa shape index (κ2) is 4.95. The van der Waals surface area contributed by atoms with E-state index in [0.29, 0.717) is 17.3 Å². The molecule has 0 amide bonds. The third kappa shape index (κ3) is 2.28. The Labute approximate surface area is 99.1 Å². The maximum Gasteiger partial charge on any atom is 0.203 e. The Morgan fingerprint density at radius 2 is 2.18 bits per heavy atom. The molecule has 3 nitrogen and oxygen atoms in total. The average molecular weight is 230 g/mol. The molecule has 0 spiro atoms. The number of carbonyl (C=O) groups is 1. The molecule has 17 heavy (non-hydrogen) atoms. The fourth-order valence-electron chi connectivity index (χ4n) is 1.81. The summed E-state index contributed by atoms with van der Waals surface area (Å²) < 4.78 is 5.24. The van der Waals surface area contributed by atoms with Crippen LogP contribution in [0.4, 0.5) is 0 Å². The van der Waals surface area contributed by atoms with Crippen molar-refractivity contribution >= 4 is 17.3 Å². The molecular formula is C14H14O3. The summed E-state index contributed by atoms with van der Waals surface area (Å²) in [4.78, 5) is 22.6. The normalized spacial score (nSPS) is 10.6. The number of rotatable bonds is 4. The first-order valence-corrected chi connectivity index (χ1v) is 5.76. The van der Waals surface area contributed by atoms with Gasteiger partial charge in [-0.2, -0.15) is 0 Å². The van der Waals surface area contributed by atoms with E-state index in [2.05, 4.69) is 6.92 Å². The summed E-state index contributed by atoms with van der Waals surface area (Å²) in [6, 6.07) is 5.57. The molecule has 0 N–H and O–H groups in total. The highest BCUT2D eigenvalue weighted by Crippen LogP contribution is 2.15. The molecular weight excluding hydrogens is 216 g/mol. The molecule has 0 aliphatic heterocycles. The Hall–Kier alpha value is -1.90. The van der Waals surface area contributed by atoms with Gasteiger partial charge in [0.15, 0.2) is 6.29 Å². The minimum Gasteiger partial charge on any atom is -0.463 e. The maximum absolute atomic E-state index is 11.9. The largest absolute Gasteiger partial charge is 0.463 e. The average Bonchev–Trinajstić information content (AvgIpc) is 2.37. The standard InChI is InChI=1S/C14H14O3/c1-2-3-4-10-5-6-13-12(7-10)14(16)11(8-15)9-17-13/h5-9H,2-4H2,1H3. The minimum absolute atomic E-state index is 0.0742. The molecule has 88 valence electrons. The number of hydrogen-bond donors (Lipinski definition) is 0. The van der Waals surface area contributed by atoms with E-state index < -0.39 is 0 Å². The predicted octanol–water partition coefficient (Wildman–Crippen LogP) is 2.95. The van der Waals surface area contributed by atoms with Crippen molar-refractivity contribution in [3.63, 3.8) is 0 Å². The number of carbonyl (C=O) groups excluding carboxylic acids is 1. The zero-order valence-corrected chi connectivity index (χ0v) is 9.73. The van der Waals surface area contributed by atoms with E-state index >= 15 is 0 Å². The number of aryl methyl sites for hydroxylation is 1. The van der Waals surface area contributed by atoms with E-state index in [4.69, 9.17) is 4.42 Å². The van der Waals surface area contributed by atoms with E-state index in [1.807, 2.05) is 12.1 Å². The molecule has 0 aliphatic carbocycles. The zero-order valence-electron chi connectivity index (χ0n) is 9.73. The molecule has 0 radical (unpaired) electrons. The second-order valence-corrected chi connectivity index (χ2v) is 4.07. The molecule has 3 heteroatoms. The molecule has 0 unspecified atom stereocenters. The van der Waals surface area contributed by atoms with Crippen LogP contribution in [0.25, 0.3) is 11.0 Å². The van der Waals surface area contributed by atoms with E-state index in [-0.39, 0.29) is 11.0 Å². The van der Waals surface area contributed by atoms with Gasteiger partial charge >= 0.3 is 0 Å². The van der Waals surface area contributed by atoms with Crippen molar-refractivity contribution in [2.24, 2.45) is 0 Å². The lowest BCUT2D eigenvalue weighted by atomic mass is 10.1. The van der Waals surface area contributed by atoms with Gasteiger partial charge in [0.1, 0.15) is 11.8 Å². The van der Waals surface area contributed by atoms with Crippen LogP contribution in [0, 0.1) is 0 Å². The quantitative estimate of drug-likeness (QED) is 0.758. The summed E-state index contributed by atoms with van der Waals surface area (Å²) >= 11 is 0. The first-order valence-electron chi connectivity index (χ1n) is 5.76. The number of benzene rings is 1. The second-order valence-electron chi connectivity index (χ2n) is 4.07. The van der Waals surface area contributed by atoms with Crippen LogP contribution in [0.15, 0.2) is 33.7 Å². The Morgan fingerprint density at radius 3 is 2.88 bits per heavy atom. The summed E-state index contributed by atoms with van der Waals surface area (Å²) in [7, 11) is 0. The third-order valence-corrected chi connectivity index (χ3v) is 2.81. The van der Waals surface area contributed by atoms with Crippen molar-refractivity contribution in [2.45, 2.75) is 26.2 Å². The summed E-state index contributed by atoms with van der Waals surface area (Å²) in [6.07, 6.45) is 4.88. The number of aldehydes is 1.